The van der Waals surface area contributed by atoms with E-state index in [4.69, 9.17) is 0 Å². The summed E-state index contributed by atoms with van der Waals surface area (Å²) in [6, 6.07) is 14.2. The summed E-state index contributed by atoms with van der Waals surface area (Å²) in [5, 5.41) is 12.1. The minimum atomic E-state index is 0.656. The van der Waals surface area contributed by atoms with Crippen LogP contribution in [-0.4, -0.2) is 37.7 Å². The molecule has 0 aliphatic carbocycles. The number of nitrogens with one attached hydrogen (secondary N) is 1. The zero-order valence-corrected chi connectivity index (χ0v) is 15.5. The van der Waals surface area contributed by atoms with Gasteiger partial charge in [0.1, 0.15) is 5.82 Å². The van der Waals surface area contributed by atoms with Crippen molar-refractivity contribution in [2.24, 2.45) is 0 Å². The van der Waals surface area contributed by atoms with Crippen molar-refractivity contribution < 1.29 is 0 Å². The predicted molar refractivity (Wildman–Crippen MR) is 109 cm³/mol. The Hall–Kier alpha value is -3.48. The zero-order chi connectivity index (χ0) is 18.8. The van der Waals surface area contributed by atoms with Gasteiger partial charge < -0.3 is 10.2 Å². The maximum Gasteiger partial charge on any atom is 0.203 e. The van der Waals surface area contributed by atoms with E-state index < -0.39 is 0 Å². The lowest BCUT2D eigenvalue weighted by molar-refractivity contribution is 0.931. The maximum absolute atomic E-state index is 4.52. The Labute approximate surface area is 163 Å². The molecule has 0 saturated carbocycles. The van der Waals surface area contributed by atoms with Crippen LogP contribution in [0.25, 0.3) is 17.0 Å². The lowest BCUT2D eigenvalue weighted by Gasteiger charge is -2.17. The second-order valence-electron chi connectivity index (χ2n) is 6.93. The molecule has 5 rings (SSSR count). The first-order valence-corrected chi connectivity index (χ1v) is 9.57. The lowest BCUT2D eigenvalue weighted by atomic mass is 10.2. The molecule has 7 heteroatoms. The first kappa shape index (κ1) is 16.7. The number of hydrogen-bond donors (Lipinski definition) is 1. The Balaban J connectivity index is 1.39. The van der Waals surface area contributed by atoms with E-state index >= 15 is 0 Å². The number of anilines is 2. The van der Waals surface area contributed by atoms with E-state index in [1.165, 1.54) is 18.4 Å². The molecule has 1 saturated heterocycles. The Morgan fingerprint density at radius 1 is 0.929 bits per heavy atom. The van der Waals surface area contributed by atoms with Gasteiger partial charge in [-0.25, -0.2) is 9.97 Å². The third kappa shape index (κ3) is 3.15. The summed E-state index contributed by atoms with van der Waals surface area (Å²) in [5.41, 5.74) is 2.91. The fourth-order valence-corrected chi connectivity index (χ4v) is 3.61. The normalized spacial score (nSPS) is 13.9. The topological polar surface area (TPSA) is 71.2 Å². The van der Waals surface area contributed by atoms with Gasteiger partial charge in [0.2, 0.25) is 5.65 Å². The van der Waals surface area contributed by atoms with Crippen molar-refractivity contribution in [2.45, 2.75) is 19.4 Å². The number of aromatic nitrogens is 5. The second kappa shape index (κ2) is 7.26. The number of nitrogens with zero attached hydrogens (tertiary/aromatic N) is 6. The van der Waals surface area contributed by atoms with Crippen molar-refractivity contribution in [3.63, 3.8) is 0 Å². The minimum Gasteiger partial charge on any atom is -0.363 e. The highest BCUT2D eigenvalue weighted by atomic mass is 15.3. The molecule has 4 aromatic rings. The van der Waals surface area contributed by atoms with Crippen LogP contribution in [0.15, 0.2) is 61.1 Å². The zero-order valence-electron chi connectivity index (χ0n) is 15.5. The Morgan fingerprint density at radius 2 is 1.79 bits per heavy atom. The molecule has 7 nitrogen and oxygen atoms in total. The van der Waals surface area contributed by atoms with Gasteiger partial charge in [0.05, 0.1) is 0 Å². The molecular weight excluding hydrogens is 350 g/mol. The number of pyridine rings is 1. The fraction of sp³-hybridized carbons (Fsp3) is 0.238. The number of rotatable bonds is 5. The minimum absolute atomic E-state index is 0.656. The monoisotopic (exact) mass is 371 g/mol. The number of fused-ring (bicyclic) bond motifs is 1. The molecule has 1 aromatic carbocycles. The van der Waals surface area contributed by atoms with Crippen molar-refractivity contribution in [3.05, 3.63) is 66.6 Å². The molecule has 4 heterocycles. The average molecular weight is 371 g/mol. The highest BCUT2D eigenvalue weighted by Gasteiger charge is 2.14. The van der Waals surface area contributed by atoms with Gasteiger partial charge in [-0.2, -0.15) is 0 Å². The van der Waals surface area contributed by atoms with Crippen molar-refractivity contribution in [2.75, 3.05) is 23.3 Å². The molecule has 140 valence electrons. The van der Waals surface area contributed by atoms with Crippen molar-refractivity contribution in [3.8, 4) is 11.4 Å². The van der Waals surface area contributed by atoms with Gasteiger partial charge in [-0.15, -0.1) is 10.2 Å². The quantitative estimate of drug-likeness (QED) is 0.580. The van der Waals surface area contributed by atoms with Crippen LogP contribution in [-0.2, 0) is 6.54 Å². The summed E-state index contributed by atoms with van der Waals surface area (Å²) in [6.45, 7) is 2.84. The summed E-state index contributed by atoms with van der Waals surface area (Å²) < 4.78 is 1.97. The maximum atomic E-state index is 4.52. The smallest absolute Gasteiger partial charge is 0.203 e. The van der Waals surface area contributed by atoms with Crippen LogP contribution in [0.4, 0.5) is 11.6 Å². The molecule has 1 N–H and O–H groups in total. The fourth-order valence-electron chi connectivity index (χ4n) is 3.61. The van der Waals surface area contributed by atoms with Crippen molar-refractivity contribution in [1.29, 1.82) is 0 Å². The van der Waals surface area contributed by atoms with E-state index in [9.17, 15) is 0 Å². The van der Waals surface area contributed by atoms with Gasteiger partial charge in [0, 0.05) is 43.8 Å². The Kier molecular flexibility index (Phi) is 4.33. The molecule has 1 aliphatic rings. The van der Waals surface area contributed by atoms with Crippen LogP contribution in [0.5, 0.6) is 0 Å². The molecule has 0 bridgehead atoms. The Morgan fingerprint density at radius 3 is 2.64 bits per heavy atom. The average Bonchev–Trinajstić information content (AvgIpc) is 3.43. The van der Waals surface area contributed by atoms with E-state index in [0.29, 0.717) is 6.54 Å². The molecular formula is C21H21N7. The van der Waals surface area contributed by atoms with Crippen LogP contribution in [0.2, 0.25) is 0 Å². The van der Waals surface area contributed by atoms with E-state index in [1.807, 2.05) is 53.2 Å². The van der Waals surface area contributed by atoms with E-state index in [2.05, 4.69) is 36.4 Å². The third-order valence-corrected chi connectivity index (χ3v) is 5.06. The van der Waals surface area contributed by atoms with Gasteiger partial charge in [0.15, 0.2) is 11.6 Å². The highest BCUT2D eigenvalue weighted by Crippen LogP contribution is 2.22. The van der Waals surface area contributed by atoms with E-state index in [0.717, 1.165) is 41.8 Å². The van der Waals surface area contributed by atoms with Crippen molar-refractivity contribution in [1.82, 2.24) is 24.6 Å². The van der Waals surface area contributed by atoms with E-state index in [-0.39, 0.29) is 0 Å². The van der Waals surface area contributed by atoms with Crippen LogP contribution in [0.3, 0.4) is 0 Å². The molecule has 1 fully saturated rings. The summed E-state index contributed by atoms with van der Waals surface area (Å²) in [6.07, 6.45) is 8.02. The molecule has 3 aromatic heterocycles. The molecule has 0 amide bonds. The van der Waals surface area contributed by atoms with Crippen molar-refractivity contribution >= 4 is 17.3 Å². The summed E-state index contributed by atoms with van der Waals surface area (Å²) in [7, 11) is 0. The Bertz CT molecular complexity index is 1080. The molecule has 0 unspecified atom stereocenters. The predicted octanol–water partition coefficient (Wildman–Crippen LogP) is 3.40. The van der Waals surface area contributed by atoms with Crippen LogP contribution in [0.1, 0.15) is 18.4 Å². The van der Waals surface area contributed by atoms with Gasteiger partial charge in [0.25, 0.3) is 0 Å². The summed E-state index contributed by atoms with van der Waals surface area (Å²) >= 11 is 0. The molecule has 0 atom stereocenters. The molecule has 1 aliphatic heterocycles. The molecule has 28 heavy (non-hydrogen) atoms. The largest absolute Gasteiger partial charge is 0.363 e. The van der Waals surface area contributed by atoms with Gasteiger partial charge in [-0.3, -0.25) is 4.40 Å². The van der Waals surface area contributed by atoms with E-state index in [1.54, 1.807) is 6.20 Å². The summed E-state index contributed by atoms with van der Waals surface area (Å²) in [5.74, 6) is 2.58. The molecule has 0 spiro atoms. The van der Waals surface area contributed by atoms with Crippen LogP contribution >= 0.6 is 0 Å². The number of hydrogen-bond acceptors (Lipinski definition) is 6. The first-order valence-electron chi connectivity index (χ1n) is 9.57. The van der Waals surface area contributed by atoms with Gasteiger partial charge >= 0.3 is 0 Å². The standard InChI is InChI=1S/C21H21N7/c1-2-6-17(7-3-1)20-25-26-21-19(23-10-13-28(20)21)24-15-16-8-9-22-18(14-16)27-11-4-5-12-27/h1-3,6-10,13-14H,4-5,11-12,15H2,(H,23,24). The van der Waals surface area contributed by atoms with Gasteiger partial charge in [-0.05, 0) is 30.5 Å². The van der Waals surface area contributed by atoms with Crippen LogP contribution in [0, 0.1) is 0 Å². The van der Waals surface area contributed by atoms with Gasteiger partial charge in [-0.1, -0.05) is 30.3 Å². The SMILES string of the molecule is c1ccc(-c2nnc3c(NCc4ccnc(N5CCCC5)c4)nccn23)cc1. The lowest BCUT2D eigenvalue weighted by Crippen LogP contribution is -2.19. The first-order chi connectivity index (χ1) is 13.9. The number of benzene rings is 1. The molecule has 0 radical (unpaired) electrons. The second-order valence-corrected chi connectivity index (χ2v) is 6.93. The third-order valence-electron chi connectivity index (χ3n) is 5.06. The van der Waals surface area contributed by atoms with Crippen LogP contribution < -0.4 is 10.2 Å². The highest BCUT2D eigenvalue weighted by molar-refractivity contribution is 5.67. The summed E-state index contributed by atoms with van der Waals surface area (Å²) in [4.78, 5) is 11.3.